The molecular weight excluding hydrogens is 1710 g/mol. The number of aromatic nitrogens is 4. The number of likely N-dealkylation sites (N-methyl/N-ethyl adjacent to an activating group) is 3. The Labute approximate surface area is 753 Å². The van der Waals surface area contributed by atoms with Gasteiger partial charge in [-0.15, -0.1) is 11.8 Å². The Kier molecular flexibility index (Phi) is 37.1. The van der Waals surface area contributed by atoms with Crippen molar-refractivity contribution in [3.05, 3.63) is 120 Å². The van der Waals surface area contributed by atoms with Crippen molar-refractivity contribution in [2.45, 2.75) is 221 Å². The molecule has 704 valence electrons. The molecule has 0 aliphatic carbocycles. The third-order valence-corrected chi connectivity index (χ3v) is 24.5. The number of fused-ring (bicyclic) bond motifs is 4. The normalized spacial score (nSPS) is 25.3. The summed E-state index contributed by atoms with van der Waals surface area (Å²) in [7, 11) is 3.91. The van der Waals surface area contributed by atoms with Crippen LogP contribution in [0.3, 0.4) is 0 Å². The second kappa shape index (κ2) is 47.9. The summed E-state index contributed by atoms with van der Waals surface area (Å²) in [5, 5.41) is 70.0. The average molecular weight is 1830 g/mol. The zero-order valence-corrected chi connectivity index (χ0v) is 74.5. The Hall–Kier alpha value is -13.0. The Bertz CT molecular complexity index is 5030. The van der Waals surface area contributed by atoms with E-state index in [1.165, 1.54) is 71.8 Å². The topological polar surface area (TPSA) is 620 Å². The molecule has 43 heteroatoms. The number of nitrogens with one attached hydrogen (secondary N) is 13. The second-order valence-corrected chi connectivity index (χ2v) is 33.9. The molecule has 0 spiro atoms. The van der Waals surface area contributed by atoms with Crippen LogP contribution in [-0.4, -0.2) is 321 Å². The number of hydrogen-bond acceptors (Lipinski definition) is 23. The number of aromatic hydroxyl groups is 1. The molecule has 3 saturated heterocycles. The Morgan fingerprint density at radius 3 is 1.69 bits per heavy atom. The number of nitrogens with zero attached hydrogens (tertiary/aromatic N) is 6. The molecule has 15 atom stereocenters. The highest BCUT2D eigenvalue weighted by atomic mass is 32.2. The number of rotatable bonds is 23. The van der Waals surface area contributed by atoms with Crippen LogP contribution >= 0.6 is 11.8 Å². The fraction of sp³-hybridized carbons (Fsp3) is 0.517. The maximum Gasteiger partial charge on any atom is 0.303 e. The van der Waals surface area contributed by atoms with Gasteiger partial charge in [0, 0.05) is 125 Å². The van der Waals surface area contributed by atoms with Gasteiger partial charge in [0.15, 0.2) is 0 Å². The number of carbonyl (C=O) groups is 17. The molecule has 0 saturated carbocycles. The second-order valence-electron chi connectivity index (χ2n) is 32.9. The molecule has 3 aliphatic rings. The third kappa shape index (κ3) is 27.0. The number of aliphatic carboxylic acids is 1. The number of imidazole rings is 1. The van der Waals surface area contributed by atoms with E-state index in [0.717, 1.165) is 36.3 Å². The summed E-state index contributed by atoms with van der Waals surface area (Å²) in [6.07, 6.45) is 3.31. The van der Waals surface area contributed by atoms with E-state index in [1.54, 1.807) is 60.9 Å². The van der Waals surface area contributed by atoms with Crippen LogP contribution in [0.25, 0.3) is 21.8 Å². The fourth-order valence-corrected chi connectivity index (χ4v) is 16.8. The summed E-state index contributed by atoms with van der Waals surface area (Å²) in [4.78, 5) is 265. The van der Waals surface area contributed by atoms with Crippen LogP contribution in [0.4, 0.5) is 0 Å². The minimum atomic E-state index is -1.89. The highest BCUT2D eigenvalue weighted by Gasteiger charge is 2.46. The Balaban J connectivity index is 1.07. The maximum absolute atomic E-state index is 15.6. The number of amides is 16. The summed E-state index contributed by atoms with van der Waals surface area (Å²) >= 11 is 0.777. The molecule has 21 N–H and O–H groups in total. The van der Waals surface area contributed by atoms with Crippen molar-refractivity contribution in [2.75, 3.05) is 65.4 Å². The number of aromatic amines is 3. The molecule has 42 nitrogen and oxygen atoms in total. The minimum absolute atomic E-state index is 0.0131. The summed E-state index contributed by atoms with van der Waals surface area (Å²) < 4.78 is 0. The van der Waals surface area contributed by atoms with Gasteiger partial charge < -0.3 is 125 Å². The molecule has 0 unspecified atom stereocenters. The number of carboxylic acids is 1. The van der Waals surface area contributed by atoms with Crippen LogP contribution in [0.5, 0.6) is 5.75 Å². The minimum Gasteiger partial charge on any atom is -0.508 e. The highest BCUT2D eigenvalue weighted by molar-refractivity contribution is 8.00. The van der Waals surface area contributed by atoms with Gasteiger partial charge in [-0.25, -0.2) is 4.98 Å². The van der Waals surface area contributed by atoms with Crippen molar-refractivity contribution in [1.82, 2.24) is 97.6 Å². The lowest BCUT2D eigenvalue weighted by Crippen LogP contribution is -2.61. The first-order chi connectivity index (χ1) is 62.0. The number of para-hydroxylation sites is 2. The van der Waals surface area contributed by atoms with E-state index in [4.69, 9.17) is 11.5 Å². The molecule has 6 aromatic rings. The van der Waals surface area contributed by atoms with E-state index in [2.05, 4.69) is 73.1 Å². The average Bonchev–Trinajstić information content (AvgIpc) is 1.62. The Morgan fingerprint density at radius 2 is 1.09 bits per heavy atom. The fourth-order valence-electron chi connectivity index (χ4n) is 16.0. The van der Waals surface area contributed by atoms with Crippen LogP contribution in [0.15, 0.2) is 97.7 Å². The molecule has 0 bridgehead atoms. The maximum atomic E-state index is 15.6. The van der Waals surface area contributed by atoms with Crippen LogP contribution in [0.1, 0.15) is 127 Å². The standard InChI is InChI=1S/C87H119N21O21S/c1-8-10-21-67-80(122)95-47(3)74(116)103-66(76(118)93-41-71(89)112)44-130-45-72(113)96-63(33-49-24-26-53(110)27-25-49)83(125)104(5)48(4)75(117)97-59(28-29-73(114)115)85(127)107-32-16-23-68(107)81(123)100-62(36-52-40-90-46-94-52)78(120)98-60(30-31-88)86(128)108-42-54(111)37-70(108)82(124)99-61(34-50-38-91-57-19-14-12-17-55(50)57)77(119)102-65(43-109)79(121)101-64(35-51-39-92-58-20-15-13-18-56(51)58)84(126)106(7)69(22-11-9-2)87(129)105(67)6/h12-15,17-20,24-27,38-40,46-48,54,59-70,91-92,109-111H,8-11,16,21-23,28-37,41-45,88H2,1-7H3,(H2,89,112)(H,90,94)(H,93,118)(H,95,122)(H,96,113)(H,97,117)(H,98,120)(H,99,124)(H,100,123)(H,101,121)(H,102,119)(H,103,116)(H,114,115)/t47-,48-,54+,59-,60-,61-,62-,63-,64-,65-,66-,67-,68-,69-,70-/m0/s1. The third-order valence-electron chi connectivity index (χ3n) is 23.4. The predicted molar refractivity (Wildman–Crippen MR) is 474 cm³/mol. The van der Waals surface area contributed by atoms with Crippen molar-refractivity contribution >= 4 is 134 Å². The van der Waals surface area contributed by atoms with Gasteiger partial charge in [-0.1, -0.05) is 88.1 Å². The molecule has 16 amide bonds. The summed E-state index contributed by atoms with van der Waals surface area (Å²) in [6.45, 7) is 3.58. The lowest BCUT2D eigenvalue weighted by Gasteiger charge is -2.36. The van der Waals surface area contributed by atoms with Gasteiger partial charge >= 0.3 is 5.97 Å². The molecule has 3 aromatic heterocycles. The van der Waals surface area contributed by atoms with E-state index < -0.39 is 242 Å². The molecule has 3 aliphatic heterocycles. The zero-order valence-electron chi connectivity index (χ0n) is 73.6. The van der Waals surface area contributed by atoms with Crippen molar-refractivity contribution in [1.29, 1.82) is 0 Å². The number of carbonyl (C=O) groups excluding carboxylic acids is 16. The molecule has 6 heterocycles. The molecule has 9 rings (SSSR count). The van der Waals surface area contributed by atoms with Gasteiger partial charge in [0.05, 0.1) is 31.3 Å². The van der Waals surface area contributed by atoms with Gasteiger partial charge in [0.1, 0.15) is 90.3 Å². The van der Waals surface area contributed by atoms with Crippen LogP contribution < -0.4 is 64.6 Å². The quantitative estimate of drug-likeness (QED) is 0.0306. The van der Waals surface area contributed by atoms with E-state index >= 15 is 28.8 Å². The number of nitrogens with two attached hydrogens (primary N) is 2. The first-order valence-corrected chi connectivity index (χ1v) is 44.5. The SMILES string of the molecule is CCCC[C@H]1C(=O)N(C)[C@@H](CCCC)C(=O)N[C@@H](C)C(=O)N[C@H](C(=O)NCC(N)=O)CSCC(=O)N[C@@H](Cc2ccc(O)cc2)C(=O)N(C)[C@@H](C)C(=O)N[C@@H](CCC(=O)O)C(=O)N2CCC[C@H]2C(=O)N[C@@H](Cc2cnc[nH]2)C(=O)N[C@@H](CCN)C(=O)N2C[C@H](O)C[C@H]2C(=O)N[C@@H](Cc2c[nH]c3ccccc23)C(=O)N[C@@H](CO)C(=O)N[C@@H](Cc2c[nH]c3ccccc23)C(=O)N1C. The summed E-state index contributed by atoms with van der Waals surface area (Å²) in [5.74, 6) is -17.4. The summed E-state index contributed by atoms with van der Waals surface area (Å²) in [6, 6.07) is -2.00. The van der Waals surface area contributed by atoms with E-state index in [1.807, 2.05) is 13.8 Å². The van der Waals surface area contributed by atoms with Gasteiger partial charge in [0.2, 0.25) is 94.5 Å². The van der Waals surface area contributed by atoms with Gasteiger partial charge in [-0.3, -0.25) is 81.5 Å². The van der Waals surface area contributed by atoms with Crippen molar-refractivity contribution in [2.24, 2.45) is 11.5 Å². The number of thioether (sulfide) groups is 1. The first kappa shape index (κ1) is 101. The molecule has 3 aromatic carbocycles. The molecule has 0 radical (unpaired) electrons. The Morgan fingerprint density at radius 1 is 0.554 bits per heavy atom. The first-order valence-electron chi connectivity index (χ1n) is 43.4. The van der Waals surface area contributed by atoms with Gasteiger partial charge in [-0.2, -0.15) is 0 Å². The number of phenols is 1. The summed E-state index contributed by atoms with van der Waals surface area (Å²) in [5.41, 5.74) is 14.5. The number of phenolic OH excluding ortho intramolecular Hbond substituents is 1. The number of H-pyrrole nitrogens is 3. The van der Waals surface area contributed by atoms with Crippen molar-refractivity contribution in [3.8, 4) is 5.75 Å². The number of hydrogen-bond donors (Lipinski definition) is 19. The number of carboxylic acid groups (broad SMARTS) is 1. The van der Waals surface area contributed by atoms with E-state index in [-0.39, 0.29) is 76.6 Å². The number of benzene rings is 3. The largest absolute Gasteiger partial charge is 0.508 e. The van der Waals surface area contributed by atoms with Gasteiger partial charge in [0.25, 0.3) is 0 Å². The van der Waals surface area contributed by atoms with E-state index in [0.29, 0.717) is 69.9 Å². The van der Waals surface area contributed by atoms with Crippen LogP contribution in [0, 0.1) is 0 Å². The zero-order chi connectivity index (χ0) is 94.7. The lowest BCUT2D eigenvalue weighted by atomic mass is 10.00. The molecular formula is C87H119N21O21S. The monoisotopic (exact) mass is 1830 g/mol. The number of aliphatic hydroxyl groups excluding tert-OH is 2. The van der Waals surface area contributed by atoms with Crippen molar-refractivity contribution < 1.29 is 102 Å². The highest BCUT2D eigenvalue weighted by Crippen LogP contribution is 2.28. The van der Waals surface area contributed by atoms with Gasteiger partial charge in [-0.05, 0) is 99.9 Å². The van der Waals surface area contributed by atoms with Crippen LogP contribution in [-0.2, 0) is 107 Å². The number of primary amides is 1. The number of unbranched alkanes of at least 4 members (excludes halogenated alkanes) is 2. The molecule has 3 fully saturated rings. The van der Waals surface area contributed by atoms with Crippen LogP contribution in [0.2, 0.25) is 0 Å². The van der Waals surface area contributed by atoms with E-state index in [9.17, 15) is 73.2 Å². The molecule has 130 heavy (non-hydrogen) atoms. The van der Waals surface area contributed by atoms with Crippen molar-refractivity contribution in [3.63, 3.8) is 0 Å². The number of aliphatic hydroxyl groups is 2. The lowest BCUT2D eigenvalue weighted by molar-refractivity contribution is -0.149. The predicted octanol–water partition coefficient (Wildman–Crippen LogP) is -2.88. The smallest absolute Gasteiger partial charge is 0.303 e.